The molecule has 0 spiro atoms. The predicted octanol–water partition coefficient (Wildman–Crippen LogP) is 9.51. The van der Waals surface area contributed by atoms with Gasteiger partial charge in [-0.15, -0.1) is 0 Å². The summed E-state index contributed by atoms with van der Waals surface area (Å²) >= 11 is 3.90. The van der Waals surface area contributed by atoms with Crippen LogP contribution in [0.15, 0.2) is 95.5 Å². The van der Waals surface area contributed by atoms with E-state index in [0.29, 0.717) is 0 Å². The Bertz CT molecular complexity index is 1450. The molecule has 1 aliphatic rings. The van der Waals surface area contributed by atoms with E-state index in [1.54, 1.807) is 0 Å². The van der Waals surface area contributed by atoms with Gasteiger partial charge >= 0.3 is 0 Å². The highest BCUT2D eigenvalue weighted by atomic mass is 79.9. The normalized spacial score (nSPS) is 14.0. The molecule has 0 radical (unpaired) electrons. The van der Waals surface area contributed by atoms with Crippen molar-refractivity contribution in [3.8, 4) is 22.3 Å². The van der Waals surface area contributed by atoms with E-state index in [4.69, 9.17) is 0 Å². The molecule has 5 aromatic carbocycles. The average Bonchev–Trinajstić information content (AvgIpc) is 3.14. The second kappa shape index (κ2) is 7.32. The molecule has 0 atom stereocenters. The molecule has 0 aliphatic heterocycles. The summed E-state index contributed by atoms with van der Waals surface area (Å²) in [5.74, 6) is 0. The van der Waals surface area contributed by atoms with Crippen molar-refractivity contribution in [2.45, 2.75) is 32.1 Å². The Kier molecular flexibility index (Phi) is 4.52. The molecular weight excluding hydrogens is 452 g/mol. The van der Waals surface area contributed by atoms with E-state index >= 15 is 0 Å². The number of benzene rings is 5. The van der Waals surface area contributed by atoms with Crippen molar-refractivity contribution < 1.29 is 0 Å². The first-order valence-electron chi connectivity index (χ1n) is 11.5. The number of rotatable bonds is 3. The Morgan fingerprint density at radius 2 is 1.12 bits per heavy atom. The first-order valence-corrected chi connectivity index (χ1v) is 12.3. The van der Waals surface area contributed by atoms with Crippen LogP contribution < -0.4 is 0 Å². The van der Waals surface area contributed by atoms with Gasteiger partial charge in [0.2, 0.25) is 0 Å². The van der Waals surface area contributed by atoms with E-state index in [1.807, 2.05) is 0 Å². The minimum Gasteiger partial charge on any atom is -0.0642 e. The average molecular weight is 477 g/mol. The van der Waals surface area contributed by atoms with Crippen LogP contribution in [0.25, 0.3) is 43.8 Å². The fraction of sp³-hybridized carbons (Fsp3) is 0.161. The van der Waals surface area contributed by atoms with Crippen molar-refractivity contribution >= 4 is 37.5 Å². The van der Waals surface area contributed by atoms with Crippen LogP contribution >= 0.6 is 15.9 Å². The van der Waals surface area contributed by atoms with Gasteiger partial charge in [0.05, 0.1) is 0 Å². The van der Waals surface area contributed by atoms with E-state index < -0.39 is 0 Å². The lowest BCUT2D eigenvalue weighted by Crippen LogP contribution is -2.23. The van der Waals surface area contributed by atoms with Crippen LogP contribution in [0, 0.1) is 0 Å². The number of halogens is 1. The van der Waals surface area contributed by atoms with Gasteiger partial charge in [0, 0.05) is 9.89 Å². The fourth-order valence-corrected chi connectivity index (χ4v) is 6.70. The largest absolute Gasteiger partial charge is 0.0642 e. The molecule has 0 amide bonds. The van der Waals surface area contributed by atoms with Crippen molar-refractivity contribution in [1.29, 1.82) is 0 Å². The number of hydrogen-bond acceptors (Lipinski definition) is 0. The summed E-state index contributed by atoms with van der Waals surface area (Å²) in [6.45, 7) is 4.68. The van der Waals surface area contributed by atoms with Crippen LogP contribution in [0.3, 0.4) is 0 Å². The Hall–Kier alpha value is -2.90. The molecule has 0 saturated heterocycles. The zero-order valence-corrected chi connectivity index (χ0v) is 20.0. The van der Waals surface area contributed by atoms with Gasteiger partial charge in [-0.2, -0.15) is 0 Å². The summed E-state index contributed by atoms with van der Waals surface area (Å²) in [6.07, 6.45) is 2.22. The molecule has 0 nitrogen and oxygen atoms in total. The second-order valence-electron chi connectivity index (χ2n) is 8.88. The quantitative estimate of drug-likeness (QED) is 0.227. The molecule has 0 saturated carbocycles. The highest BCUT2D eigenvalue weighted by molar-refractivity contribution is 9.10. The van der Waals surface area contributed by atoms with Crippen molar-refractivity contribution in [3.63, 3.8) is 0 Å². The highest BCUT2D eigenvalue weighted by Crippen LogP contribution is 2.54. The summed E-state index contributed by atoms with van der Waals surface area (Å²) in [5, 5.41) is 5.13. The van der Waals surface area contributed by atoms with E-state index in [-0.39, 0.29) is 5.41 Å². The van der Waals surface area contributed by atoms with Gasteiger partial charge < -0.3 is 0 Å². The summed E-state index contributed by atoms with van der Waals surface area (Å²) in [4.78, 5) is 0. The van der Waals surface area contributed by atoms with Gasteiger partial charge in [-0.3, -0.25) is 0 Å². The Balaban J connectivity index is 1.71. The van der Waals surface area contributed by atoms with Crippen molar-refractivity contribution in [3.05, 3.63) is 107 Å². The molecule has 1 heteroatoms. The number of fused-ring (bicyclic) bond motifs is 5. The van der Waals surface area contributed by atoms with E-state index in [1.165, 1.54) is 59.4 Å². The maximum absolute atomic E-state index is 3.90. The molecule has 0 unspecified atom stereocenters. The maximum Gasteiger partial charge on any atom is 0.0332 e. The minimum absolute atomic E-state index is 0.0862. The van der Waals surface area contributed by atoms with Crippen LogP contribution in [-0.4, -0.2) is 0 Å². The molecule has 0 heterocycles. The smallest absolute Gasteiger partial charge is 0.0332 e. The Morgan fingerprint density at radius 1 is 0.594 bits per heavy atom. The molecule has 1 aliphatic carbocycles. The first kappa shape index (κ1) is 19.8. The Morgan fingerprint density at radius 3 is 1.75 bits per heavy atom. The number of hydrogen-bond donors (Lipinski definition) is 0. The van der Waals surface area contributed by atoms with E-state index in [9.17, 15) is 0 Å². The van der Waals surface area contributed by atoms with Crippen molar-refractivity contribution in [1.82, 2.24) is 0 Å². The van der Waals surface area contributed by atoms with Crippen molar-refractivity contribution in [2.75, 3.05) is 0 Å². The molecule has 156 valence electrons. The van der Waals surface area contributed by atoms with E-state index in [2.05, 4.69) is 121 Å². The van der Waals surface area contributed by atoms with Crippen LogP contribution in [-0.2, 0) is 5.41 Å². The summed E-state index contributed by atoms with van der Waals surface area (Å²) in [5.41, 5.74) is 8.51. The Labute approximate surface area is 198 Å². The lowest BCUT2D eigenvalue weighted by Gasteiger charge is -2.30. The van der Waals surface area contributed by atoms with Gasteiger partial charge in [0.1, 0.15) is 0 Å². The zero-order valence-electron chi connectivity index (χ0n) is 18.5. The third-order valence-electron chi connectivity index (χ3n) is 7.63. The van der Waals surface area contributed by atoms with Crippen LogP contribution in [0.1, 0.15) is 37.8 Å². The van der Waals surface area contributed by atoms with Gasteiger partial charge in [-0.05, 0) is 89.8 Å². The standard InChI is InChI=1S/C31H25Br/c1-3-31(4-2)27-16-10-9-11-21(27)22-18-17-20(19-28(22)31)29-23-12-5-7-14-25(23)30(32)26-15-8-6-13-24(26)29/h5-19H,3-4H2,1-2H3. The van der Waals surface area contributed by atoms with Crippen LogP contribution in [0.2, 0.25) is 0 Å². The molecule has 0 aromatic heterocycles. The summed E-state index contributed by atoms with van der Waals surface area (Å²) in [6, 6.07) is 33.7. The lowest BCUT2D eigenvalue weighted by molar-refractivity contribution is 0.490. The maximum atomic E-state index is 3.90. The summed E-state index contributed by atoms with van der Waals surface area (Å²) < 4.78 is 1.18. The third-order valence-corrected chi connectivity index (χ3v) is 8.48. The lowest BCUT2D eigenvalue weighted by atomic mass is 9.73. The summed E-state index contributed by atoms with van der Waals surface area (Å²) in [7, 11) is 0. The topological polar surface area (TPSA) is 0 Å². The monoisotopic (exact) mass is 476 g/mol. The zero-order chi connectivity index (χ0) is 21.9. The first-order chi connectivity index (χ1) is 15.7. The van der Waals surface area contributed by atoms with Crippen LogP contribution in [0.5, 0.6) is 0 Å². The van der Waals surface area contributed by atoms with Gasteiger partial charge in [-0.25, -0.2) is 0 Å². The van der Waals surface area contributed by atoms with Gasteiger partial charge in [0.15, 0.2) is 0 Å². The molecular formula is C31H25Br. The van der Waals surface area contributed by atoms with Gasteiger partial charge in [-0.1, -0.05) is 98.8 Å². The molecule has 0 bridgehead atoms. The van der Waals surface area contributed by atoms with Gasteiger partial charge in [0.25, 0.3) is 0 Å². The van der Waals surface area contributed by atoms with Crippen molar-refractivity contribution in [2.24, 2.45) is 0 Å². The SMILES string of the molecule is CCC1(CC)c2ccccc2-c2ccc(-c3c4ccccc4c(Br)c4ccccc34)cc21. The molecule has 5 aromatic rings. The minimum atomic E-state index is 0.0862. The molecule has 6 rings (SSSR count). The fourth-order valence-electron chi connectivity index (χ4n) is 6.01. The molecule has 0 N–H and O–H groups in total. The predicted molar refractivity (Wildman–Crippen MR) is 141 cm³/mol. The molecule has 0 fully saturated rings. The van der Waals surface area contributed by atoms with E-state index in [0.717, 1.165) is 12.8 Å². The second-order valence-corrected chi connectivity index (χ2v) is 9.67. The molecule has 32 heavy (non-hydrogen) atoms. The highest BCUT2D eigenvalue weighted by Gasteiger charge is 2.40. The third kappa shape index (κ3) is 2.55. The van der Waals surface area contributed by atoms with Crippen LogP contribution in [0.4, 0.5) is 0 Å².